The lowest BCUT2D eigenvalue weighted by Gasteiger charge is -2.04. The van der Waals surface area contributed by atoms with Crippen molar-refractivity contribution in [3.05, 3.63) is 54.9 Å². The molecule has 0 aliphatic heterocycles. The van der Waals surface area contributed by atoms with Gasteiger partial charge in [0.05, 0.1) is 13.7 Å². The molecule has 0 spiro atoms. The highest BCUT2D eigenvalue weighted by atomic mass is 79.9. The minimum Gasteiger partial charge on any atom is -0.288 e. The maximum atomic E-state index is 13.2. The van der Waals surface area contributed by atoms with Gasteiger partial charge in [-0.1, -0.05) is 11.6 Å². The van der Waals surface area contributed by atoms with E-state index < -0.39 is 5.82 Å². The van der Waals surface area contributed by atoms with Gasteiger partial charge in [0.15, 0.2) is 0 Å². The zero-order valence-corrected chi connectivity index (χ0v) is 11.9. The molecule has 5 heteroatoms. The van der Waals surface area contributed by atoms with Gasteiger partial charge in [-0.2, -0.15) is 0 Å². The van der Waals surface area contributed by atoms with E-state index >= 15 is 0 Å². The van der Waals surface area contributed by atoms with Gasteiger partial charge < -0.3 is 0 Å². The average Bonchev–Trinajstić information content (AvgIpc) is 2.69. The quantitative estimate of drug-likeness (QED) is 0.719. The number of thiophene rings is 1. The summed E-state index contributed by atoms with van der Waals surface area (Å²) in [7, 11) is 0. The minimum absolute atomic E-state index is 0.141. The van der Waals surface area contributed by atoms with E-state index in [9.17, 15) is 9.18 Å². The molecule has 0 atom stereocenters. The van der Waals surface area contributed by atoms with Gasteiger partial charge in [-0.15, -0.1) is 11.3 Å². The lowest BCUT2D eigenvalue weighted by Crippen LogP contribution is -2.01. The van der Waals surface area contributed by atoms with E-state index in [1.165, 1.54) is 23.5 Å². The fourth-order valence-corrected chi connectivity index (χ4v) is 2.98. The molecule has 0 amide bonds. The number of carbonyl (C=O) groups excluding carboxylic acids is 1. The molecule has 0 saturated carbocycles. The van der Waals surface area contributed by atoms with Gasteiger partial charge in [-0.05, 0) is 52.7 Å². The van der Waals surface area contributed by atoms with Crippen LogP contribution in [0.4, 0.5) is 4.39 Å². The van der Waals surface area contributed by atoms with Gasteiger partial charge in [0.25, 0.3) is 0 Å². The topological polar surface area (TPSA) is 17.1 Å². The van der Waals surface area contributed by atoms with E-state index in [0.717, 1.165) is 3.79 Å². The monoisotopic (exact) mass is 332 g/mol. The third-order valence-corrected chi connectivity index (χ3v) is 4.23. The number of halogens is 3. The Morgan fingerprint density at radius 3 is 2.71 bits per heavy atom. The lowest BCUT2D eigenvalue weighted by atomic mass is 10.1. The molecule has 0 radical (unpaired) electrons. The summed E-state index contributed by atoms with van der Waals surface area (Å²) in [6, 6.07) is 6.16. The number of rotatable bonds is 2. The molecule has 0 bridgehead atoms. The molecule has 0 saturated heterocycles. The second kappa shape index (κ2) is 4.88. The lowest BCUT2D eigenvalue weighted by molar-refractivity contribution is 0.104. The van der Waals surface area contributed by atoms with Gasteiger partial charge in [0, 0.05) is 5.56 Å². The van der Waals surface area contributed by atoms with Crippen molar-refractivity contribution in [2.45, 2.75) is 6.92 Å². The molecule has 88 valence electrons. The molecule has 17 heavy (non-hydrogen) atoms. The molecule has 0 aliphatic carbocycles. The van der Waals surface area contributed by atoms with Crippen LogP contribution in [0.5, 0.6) is 0 Å². The van der Waals surface area contributed by atoms with Crippen LogP contribution in [0.1, 0.15) is 20.8 Å². The first-order valence-corrected chi connectivity index (χ1v) is 6.73. The van der Waals surface area contributed by atoms with Gasteiger partial charge in [-0.25, -0.2) is 4.39 Å². The van der Waals surface area contributed by atoms with Crippen molar-refractivity contribution in [2.75, 3.05) is 0 Å². The van der Waals surface area contributed by atoms with Crippen LogP contribution < -0.4 is 0 Å². The highest BCUT2D eigenvalue weighted by molar-refractivity contribution is 9.11. The zero-order chi connectivity index (χ0) is 12.6. The Hall–Kier alpha value is -0.710. The summed E-state index contributed by atoms with van der Waals surface area (Å²) in [5.41, 5.74) is 0.744. The van der Waals surface area contributed by atoms with Crippen molar-refractivity contribution in [3.63, 3.8) is 0 Å². The first-order valence-electron chi connectivity index (χ1n) is 4.74. The van der Waals surface area contributed by atoms with Gasteiger partial charge in [0.2, 0.25) is 5.78 Å². The molecule has 1 nitrogen and oxygen atoms in total. The van der Waals surface area contributed by atoms with Crippen LogP contribution in [-0.2, 0) is 0 Å². The van der Waals surface area contributed by atoms with Crippen molar-refractivity contribution >= 4 is 44.7 Å². The van der Waals surface area contributed by atoms with Gasteiger partial charge in [-0.3, -0.25) is 4.79 Å². The predicted molar refractivity (Wildman–Crippen MR) is 71.6 cm³/mol. The molecule has 1 aromatic carbocycles. The fourth-order valence-electron chi connectivity index (χ4n) is 1.40. The Bertz CT molecular complexity index is 594. The number of carbonyl (C=O) groups is 1. The summed E-state index contributed by atoms with van der Waals surface area (Å²) >= 11 is 10.5. The number of aryl methyl sites for hydroxylation is 1. The molecule has 0 N–H and O–H groups in total. The van der Waals surface area contributed by atoms with Crippen molar-refractivity contribution in [3.8, 4) is 0 Å². The smallest absolute Gasteiger partial charge is 0.204 e. The second-order valence-corrected chi connectivity index (χ2v) is 6.38. The van der Waals surface area contributed by atoms with Crippen molar-refractivity contribution in [1.82, 2.24) is 0 Å². The Morgan fingerprint density at radius 1 is 1.41 bits per heavy atom. The Labute approximate surface area is 115 Å². The number of hydrogen-bond acceptors (Lipinski definition) is 2. The van der Waals surface area contributed by atoms with Crippen molar-refractivity contribution < 1.29 is 9.18 Å². The van der Waals surface area contributed by atoms with Crippen molar-refractivity contribution in [1.29, 1.82) is 0 Å². The highest BCUT2D eigenvalue weighted by Gasteiger charge is 2.16. The normalized spacial score (nSPS) is 10.6. The largest absolute Gasteiger partial charge is 0.288 e. The maximum Gasteiger partial charge on any atom is 0.204 e. The predicted octanol–water partition coefficient (Wildman–Crippen LogP) is 4.84. The summed E-state index contributed by atoms with van der Waals surface area (Å²) in [5.74, 6) is -0.590. The third-order valence-electron chi connectivity index (χ3n) is 2.29. The van der Waals surface area contributed by atoms with Crippen LogP contribution >= 0.6 is 38.9 Å². The molecular weight excluding hydrogens is 327 g/mol. The Kier molecular flexibility index (Phi) is 3.66. The van der Waals surface area contributed by atoms with Gasteiger partial charge >= 0.3 is 0 Å². The maximum absolute atomic E-state index is 13.2. The summed E-state index contributed by atoms with van der Waals surface area (Å²) in [4.78, 5) is 12.7. The summed E-state index contributed by atoms with van der Waals surface area (Å²) in [5, 5.41) is 0.141. The van der Waals surface area contributed by atoms with Crippen LogP contribution in [0.2, 0.25) is 5.02 Å². The summed E-state index contributed by atoms with van der Waals surface area (Å²) in [6.07, 6.45) is 0. The van der Waals surface area contributed by atoms with E-state index in [1.54, 1.807) is 19.1 Å². The number of hydrogen-bond donors (Lipinski definition) is 0. The van der Waals surface area contributed by atoms with Crippen LogP contribution in [0.25, 0.3) is 0 Å². The van der Waals surface area contributed by atoms with E-state index in [1.807, 2.05) is 0 Å². The molecule has 0 aliphatic rings. The number of ketones is 1. The highest BCUT2D eigenvalue weighted by Crippen LogP contribution is 2.28. The van der Waals surface area contributed by atoms with E-state index in [4.69, 9.17) is 11.6 Å². The van der Waals surface area contributed by atoms with Crippen molar-refractivity contribution in [2.24, 2.45) is 0 Å². The van der Waals surface area contributed by atoms with Gasteiger partial charge in [0.1, 0.15) is 5.82 Å². The molecule has 0 fully saturated rings. The zero-order valence-electron chi connectivity index (χ0n) is 8.76. The minimum atomic E-state index is -0.404. The SMILES string of the molecule is Cc1cc(C(=O)c2ccc(Br)s2)c(Cl)cc1F. The van der Waals surface area contributed by atoms with Crippen LogP contribution in [-0.4, -0.2) is 5.78 Å². The molecular formula is C12H7BrClFOS. The Morgan fingerprint density at radius 2 is 2.12 bits per heavy atom. The van der Waals surface area contributed by atoms with Crippen LogP contribution in [0.3, 0.4) is 0 Å². The average molecular weight is 334 g/mol. The van der Waals surface area contributed by atoms with Crippen LogP contribution in [0, 0.1) is 12.7 Å². The third kappa shape index (κ3) is 2.59. The molecule has 0 unspecified atom stereocenters. The molecule has 2 rings (SSSR count). The number of benzene rings is 1. The molecule has 2 aromatic rings. The van der Waals surface area contributed by atoms with Crippen LogP contribution in [0.15, 0.2) is 28.1 Å². The first kappa shape index (κ1) is 12.7. The summed E-state index contributed by atoms with van der Waals surface area (Å²) in [6.45, 7) is 1.60. The summed E-state index contributed by atoms with van der Waals surface area (Å²) < 4.78 is 14.1. The van der Waals surface area contributed by atoms with E-state index in [2.05, 4.69) is 15.9 Å². The molecule has 1 heterocycles. The van der Waals surface area contributed by atoms with E-state index in [-0.39, 0.29) is 10.8 Å². The molecule has 1 aromatic heterocycles. The second-order valence-electron chi connectivity index (χ2n) is 3.51. The first-order chi connectivity index (χ1) is 7.99. The van der Waals surface area contributed by atoms with E-state index in [0.29, 0.717) is 16.0 Å². The Balaban J connectivity index is 2.47. The standard InChI is InChI=1S/C12H7BrClFOS/c1-6-4-7(8(14)5-9(6)15)12(16)10-2-3-11(13)17-10/h2-5H,1H3. The fraction of sp³-hybridized carbons (Fsp3) is 0.0833.